The maximum absolute atomic E-state index is 11.2. The van der Waals surface area contributed by atoms with E-state index in [9.17, 15) is 14.7 Å². The minimum absolute atomic E-state index is 0.193. The van der Waals surface area contributed by atoms with Crippen LogP contribution in [0.25, 0.3) is 10.1 Å². The van der Waals surface area contributed by atoms with E-state index in [1.165, 1.54) is 11.3 Å². The number of thiophene rings is 1. The summed E-state index contributed by atoms with van der Waals surface area (Å²) >= 11 is 1.21. The van der Waals surface area contributed by atoms with Gasteiger partial charge >= 0.3 is 5.97 Å². The van der Waals surface area contributed by atoms with Crippen molar-refractivity contribution in [3.63, 3.8) is 0 Å². The van der Waals surface area contributed by atoms with Gasteiger partial charge in [-0.1, -0.05) is 18.2 Å². The average Bonchev–Trinajstić information content (AvgIpc) is 2.73. The Morgan fingerprint density at radius 1 is 1.37 bits per heavy atom. The van der Waals surface area contributed by atoms with E-state index in [0.29, 0.717) is 5.56 Å². The molecule has 0 aliphatic heterocycles. The first kappa shape index (κ1) is 13.5. The number of hydroxylamine groups is 1. The zero-order valence-electron chi connectivity index (χ0n) is 9.88. The SMILES string of the molecule is NC(=O)CONCc1c(C(=O)O)sc2ccccc12. The van der Waals surface area contributed by atoms with Gasteiger partial charge < -0.3 is 10.8 Å². The molecule has 2 aromatic rings. The first-order chi connectivity index (χ1) is 9.09. The van der Waals surface area contributed by atoms with Gasteiger partial charge in [-0.3, -0.25) is 9.63 Å². The summed E-state index contributed by atoms with van der Waals surface area (Å²) in [6.45, 7) is -0.0661. The average molecular weight is 280 g/mol. The Labute approximate surface area is 112 Å². The molecule has 1 aromatic heterocycles. The molecule has 0 atom stereocenters. The smallest absolute Gasteiger partial charge is 0.346 e. The van der Waals surface area contributed by atoms with Gasteiger partial charge in [-0.15, -0.1) is 11.3 Å². The van der Waals surface area contributed by atoms with E-state index in [-0.39, 0.29) is 18.0 Å². The maximum Gasteiger partial charge on any atom is 0.346 e. The Balaban J connectivity index is 2.22. The highest BCUT2D eigenvalue weighted by Gasteiger charge is 2.17. The molecule has 1 amide bonds. The number of aromatic carboxylic acids is 1. The summed E-state index contributed by atoms with van der Waals surface area (Å²) in [5.74, 6) is -1.57. The molecule has 0 fully saturated rings. The van der Waals surface area contributed by atoms with Gasteiger partial charge in [0.1, 0.15) is 11.5 Å². The van der Waals surface area contributed by atoms with Crippen LogP contribution in [0.15, 0.2) is 24.3 Å². The number of nitrogens with two attached hydrogens (primary N) is 1. The van der Waals surface area contributed by atoms with Crippen molar-refractivity contribution in [1.82, 2.24) is 5.48 Å². The quantitative estimate of drug-likeness (QED) is 0.543. The van der Waals surface area contributed by atoms with E-state index in [2.05, 4.69) is 5.48 Å². The van der Waals surface area contributed by atoms with Gasteiger partial charge in [-0.05, 0) is 11.5 Å². The standard InChI is InChI=1S/C12H12N2O4S/c13-10(15)6-18-14-5-8-7-3-1-2-4-9(7)19-11(8)12(16)17/h1-4,14H,5-6H2,(H2,13,15)(H,16,17). The highest BCUT2D eigenvalue weighted by atomic mass is 32.1. The Morgan fingerprint density at radius 2 is 2.11 bits per heavy atom. The zero-order chi connectivity index (χ0) is 13.8. The third-order valence-corrected chi connectivity index (χ3v) is 3.66. The normalized spacial score (nSPS) is 10.7. The highest BCUT2D eigenvalue weighted by Crippen LogP contribution is 2.31. The van der Waals surface area contributed by atoms with Crippen molar-refractivity contribution in [2.24, 2.45) is 5.73 Å². The lowest BCUT2D eigenvalue weighted by Crippen LogP contribution is -2.24. The zero-order valence-corrected chi connectivity index (χ0v) is 10.7. The van der Waals surface area contributed by atoms with Gasteiger partial charge in [-0.2, -0.15) is 5.48 Å². The molecule has 6 nitrogen and oxygen atoms in total. The second-order valence-corrected chi connectivity index (χ2v) is 4.84. The fourth-order valence-electron chi connectivity index (χ4n) is 1.69. The van der Waals surface area contributed by atoms with Crippen LogP contribution in [-0.2, 0) is 16.2 Å². The Bertz CT molecular complexity index is 623. The fourth-order valence-corrected chi connectivity index (χ4v) is 2.75. The number of nitrogens with one attached hydrogen (secondary N) is 1. The lowest BCUT2D eigenvalue weighted by atomic mass is 10.1. The molecule has 0 radical (unpaired) electrons. The number of benzene rings is 1. The van der Waals surface area contributed by atoms with E-state index in [1.807, 2.05) is 24.3 Å². The van der Waals surface area contributed by atoms with Crippen molar-refractivity contribution in [3.05, 3.63) is 34.7 Å². The molecule has 0 unspecified atom stereocenters. The van der Waals surface area contributed by atoms with Crippen LogP contribution in [0.5, 0.6) is 0 Å². The van der Waals surface area contributed by atoms with Crippen LogP contribution in [0.1, 0.15) is 15.2 Å². The molecule has 0 saturated carbocycles. The van der Waals surface area contributed by atoms with Crippen LogP contribution in [-0.4, -0.2) is 23.6 Å². The number of carboxylic acid groups (broad SMARTS) is 1. The van der Waals surface area contributed by atoms with Crippen LogP contribution in [0, 0.1) is 0 Å². The largest absolute Gasteiger partial charge is 0.477 e. The predicted octanol–water partition coefficient (Wildman–Crippen LogP) is 1.11. The number of hydrogen-bond donors (Lipinski definition) is 3. The van der Waals surface area contributed by atoms with Crippen LogP contribution < -0.4 is 11.2 Å². The number of carbonyl (C=O) groups excluding carboxylic acids is 1. The number of amides is 1. The van der Waals surface area contributed by atoms with E-state index < -0.39 is 11.9 Å². The Morgan fingerprint density at radius 3 is 2.79 bits per heavy atom. The van der Waals surface area contributed by atoms with Gasteiger partial charge in [0, 0.05) is 16.8 Å². The van der Waals surface area contributed by atoms with E-state index >= 15 is 0 Å². The number of carboxylic acids is 1. The highest BCUT2D eigenvalue weighted by molar-refractivity contribution is 7.21. The van der Waals surface area contributed by atoms with Gasteiger partial charge in [0.15, 0.2) is 0 Å². The molecule has 1 heterocycles. The Hall–Kier alpha value is -1.96. The van der Waals surface area contributed by atoms with Crippen molar-refractivity contribution in [2.75, 3.05) is 6.61 Å². The lowest BCUT2D eigenvalue weighted by molar-refractivity contribution is -0.125. The summed E-state index contributed by atoms with van der Waals surface area (Å²) in [7, 11) is 0. The number of rotatable bonds is 6. The third kappa shape index (κ3) is 3.08. The lowest BCUT2D eigenvalue weighted by Gasteiger charge is -2.04. The summed E-state index contributed by atoms with van der Waals surface area (Å²) in [4.78, 5) is 26.8. The van der Waals surface area contributed by atoms with Gasteiger partial charge in [0.2, 0.25) is 5.91 Å². The van der Waals surface area contributed by atoms with Gasteiger partial charge in [0.05, 0.1) is 0 Å². The van der Waals surface area contributed by atoms with Crippen molar-refractivity contribution in [3.8, 4) is 0 Å². The molecule has 0 aliphatic rings. The molecule has 1 aromatic carbocycles. The molecular weight excluding hydrogens is 268 g/mol. The van der Waals surface area contributed by atoms with Crippen LogP contribution in [0.2, 0.25) is 0 Å². The first-order valence-electron chi connectivity index (χ1n) is 5.46. The van der Waals surface area contributed by atoms with Crippen molar-refractivity contribution >= 4 is 33.3 Å². The number of primary amides is 1. The molecule has 0 spiro atoms. The molecule has 100 valence electrons. The predicted molar refractivity (Wildman–Crippen MR) is 70.8 cm³/mol. The van der Waals surface area contributed by atoms with Gasteiger partial charge in [0.25, 0.3) is 0 Å². The monoisotopic (exact) mass is 280 g/mol. The van der Waals surface area contributed by atoms with E-state index in [4.69, 9.17) is 10.6 Å². The van der Waals surface area contributed by atoms with Crippen molar-refractivity contribution in [2.45, 2.75) is 6.54 Å². The number of fused-ring (bicyclic) bond motifs is 1. The molecule has 4 N–H and O–H groups in total. The van der Waals surface area contributed by atoms with Gasteiger partial charge in [-0.25, -0.2) is 4.79 Å². The summed E-state index contributed by atoms with van der Waals surface area (Å²) in [6, 6.07) is 7.41. The minimum Gasteiger partial charge on any atom is -0.477 e. The Kier molecular flexibility index (Phi) is 4.10. The topological polar surface area (TPSA) is 102 Å². The second kappa shape index (κ2) is 5.79. The van der Waals surface area contributed by atoms with E-state index in [1.54, 1.807) is 0 Å². The van der Waals surface area contributed by atoms with Crippen LogP contribution >= 0.6 is 11.3 Å². The van der Waals surface area contributed by atoms with E-state index in [0.717, 1.165) is 10.1 Å². The summed E-state index contributed by atoms with van der Waals surface area (Å²) < 4.78 is 0.895. The summed E-state index contributed by atoms with van der Waals surface area (Å²) in [5.41, 5.74) is 8.11. The molecule has 0 aliphatic carbocycles. The second-order valence-electron chi connectivity index (χ2n) is 3.79. The molecule has 19 heavy (non-hydrogen) atoms. The molecule has 0 saturated heterocycles. The van der Waals surface area contributed by atoms with Crippen LogP contribution in [0.3, 0.4) is 0 Å². The van der Waals surface area contributed by atoms with Crippen molar-refractivity contribution in [1.29, 1.82) is 0 Å². The molecular formula is C12H12N2O4S. The molecule has 7 heteroatoms. The summed E-state index contributed by atoms with van der Waals surface area (Å²) in [6.07, 6.45) is 0. The third-order valence-electron chi connectivity index (χ3n) is 2.46. The maximum atomic E-state index is 11.2. The summed E-state index contributed by atoms with van der Waals surface area (Å²) in [5, 5.41) is 10.0. The van der Waals surface area contributed by atoms with Crippen molar-refractivity contribution < 1.29 is 19.5 Å². The fraction of sp³-hybridized carbons (Fsp3) is 0.167. The molecule has 2 rings (SSSR count). The number of hydrogen-bond acceptors (Lipinski definition) is 5. The first-order valence-corrected chi connectivity index (χ1v) is 6.28. The number of carbonyl (C=O) groups is 2. The minimum atomic E-state index is -0.979. The van der Waals surface area contributed by atoms with Crippen LogP contribution in [0.4, 0.5) is 0 Å². The molecule has 0 bridgehead atoms.